The number of hydrogen-bond donors (Lipinski definition) is 1. The maximum Gasteiger partial charge on any atom is 0.243 e. The zero-order valence-electron chi connectivity index (χ0n) is 11.2. The Morgan fingerprint density at radius 3 is 2.55 bits per heavy atom. The first-order chi connectivity index (χ1) is 9.59. The van der Waals surface area contributed by atoms with Crippen molar-refractivity contribution in [2.75, 3.05) is 6.54 Å². The van der Waals surface area contributed by atoms with Crippen LogP contribution in [0.4, 0.5) is 0 Å². The van der Waals surface area contributed by atoms with Gasteiger partial charge in [0.05, 0.1) is 11.5 Å². The van der Waals surface area contributed by atoms with Crippen LogP contribution in [0.15, 0.2) is 46.7 Å². The fraction of sp³-hybridized carbons (Fsp3) is 0.286. The molecule has 4 nitrogen and oxygen atoms in total. The molecule has 1 heterocycles. The minimum absolute atomic E-state index is 0.181. The van der Waals surface area contributed by atoms with Crippen LogP contribution in [0, 0.1) is 0 Å². The zero-order valence-corrected chi connectivity index (χ0v) is 12.8. The summed E-state index contributed by atoms with van der Waals surface area (Å²) in [6.07, 6.45) is 0. The van der Waals surface area contributed by atoms with E-state index >= 15 is 0 Å². The SMILES string of the molecule is CCN(Cc1cccs1)S(=O)(=O)c1ccccc1CO. The third kappa shape index (κ3) is 3.09. The predicted octanol–water partition coefficient (Wildman–Crippen LogP) is 2.45. The van der Waals surface area contributed by atoms with Crippen LogP contribution in [-0.4, -0.2) is 24.4 Å². The van der Waals surface area contributed by atoms with Crippen molar-refractivity contribution < 1.29 is 13.5 Å². The van der Waals surface area contributed by atoms with Crippen molar-refractivity contribution in [2.45, 2.75) is 25.0 Å². The molecule has 0 aliphatic carbocycles. The number of benzene rings is 1. The van der Waals surface area contributed by atoms with Gasteiger partial charge in [-0.15, -0.1) is 11.3 Å². The Morgan fingerprint density at radius 2 is 1.95 bits per heavy atom. The number of thiophene rings is 1. The minimum Gasteiger partial charge on any atom is -0.392 e. The number of nitrogens with zero attached hydrogens (tertiary/aromatic N) is 1. The number of sulfonamides is 1. The average Bonchev–Trinajstić information content (AvgIpc) is 2.97. The zero-order chi connectivity index (χ0) is 14.6. The quantitative estimate of drug-likeness (QED) is 0.891. The fourth-order valence-electron chi connectivity index (χ4n) is 1.97. The van der Waals surface area contributed by atoms with Crippen LogP contribution < -0.4 is 0 Å². The second-order valence-electron chi connectivity index (χ2n) is 4.28. The van der Waals surface area contributed by atoms with E-state index in [0.717, 1.165) is 4.88 Å². The second kappa shape index (κ2) is 6.49. The Morgan fingerprint density at radius 1 is 1.20 bits per heavy atom. The van der Waals surface area contributed by atoms with E-state index < -0.39 is 10.0 Å². The molecule has 6 heteroatoms. The van der Waals surface area contributed by atoms with E-state index in [1.54, 1.807) is 18.2 Å². The first-order valence-corrected chi connectivity index (χ1v) is 8.63. The molecule has 0 bridgehead atoms. The number of rotatable bonds is 6. The van der Waals surface area contributed by atoms with Crippen LogP contribution in [0.2, 0.25) is 0 Å². The highest BCUT2D eigenvalue weighted by Gasteiger charge is 2.25. The van der Waals surface area contributed by atoms with Gasteiger partial charge in [-0.3, -0.25) is 0 Å². The fourth-order valence-corrected chi connectivity index (χ4v) is 4.41. The molecule has 0 atom stereocenters. The number of aliphatic hydroxyl groups excluding tert-OH is 1. The van der Waals surface area contributed by atoms with E-state index in [4.69, 9.17) is 0 Å². The van der Waals surface area contributed by atoms with Crippen LogP contribution in [0.3, 0.4) is 0 Å². The summed E-state index contributed by atoms with van der Waals surface area (Å²) in [5.41, 5.74) is 0.428. The standard InChI is InChI=1S/C14H17NO3S2/c1-2-15(10-13-7-5-9-19-13)20(17,18)14-8-4-3-6-12(14)11-16/h3-9,16H,2,10-11H2,1H3. The van der Waals surface area contributed by atoms with Crippen molar-refractivity contribution in [1.82, 2.24) is 4.31 Å². The van der Waals surface area contributed by atoms with Gasteiger partial charge in [-0.25, -0.2) is 8.42 Å². The van der Waals surface area contributed by atoms with Crippen molar-refractivity contribution >= 4 is 21.4 Å². The Kier molecular flexibility index (Phi) is 4.93. The van der Waals surface area contributed by atoms with Crippen molar-refractivity contribution in [3.63, 3.8) is 0 Å². The molecule has 0 aliphatic rings. The summed E-state index contributed by atoms with van der Waals surface area (Å²) in [6, 6.07) is 10.4. The van der Waals surface area contributed by atoms with E-state index in [0.29, 0.717) is 18.7 Å². The summed E-state index contributed by atoms with van der Waals surface area (Å²) in [4.78, 5) is 1.18. The molecule has 0 fully saturated rings. The monoisotopic (exact) mass is 311 g/mol. The van der Waals surface area contributed by atoms with Gasteiger partial charge in [0.1, 0.15) is 0 Å². The highest BCUT2D eigenvalue weighted by molar-refractivity contribution is 7.89. The van der Waals surface area contributed by atoms with Gasteiger partial charge < -0.3 is 5.11 Å². The summed E-state index contributed by atoms with van der Waals surface area (Å²) < 4.78 is 26.8. The first-order valence-electron chi connectivity index (χ1n) is 6.31. The van der Waals surface area contributed by atoms with Gasteiger partial charge in [0, 0.05) is 18.0 Å². The van der Waals surface area contributed by atoms with E-state index in [2.05, 4.69) is 0 Å². The van der Waals surface area contributed by atoms with Crippen LogP contribution in [0.5, 0.6) is 0 Å². The summed E-state index contributed by atoms with van der Waals surface area (Å²) >= 11 is 1.53. The third-order valence-electron chi connectivity index (χ3n) is 3.03. The summed E-state index contributed by atoms with van der Waals surface area (Å²) in [7, 11) is -3.59. The lowest BCUT2D eigenvalue weighted by molar-refractivity contribution is 0.278. The molecule has 1 aromatic carbocycles. The molecule has 0 unspecified atom stereocenters. The number of aliphatic hydroxyl groups is 1. The van der Waals surface area contributed by atoms with Crippen molar-refractivity contribution in [3.8, 4) is 0 Å². The summed E-state index contributed by atoms with van der Waals surface area (Å²) in [6.45, 7) is 2.27. The van der Waals surface area contributed by atoms with Crippen molar-refractivity contribution in [2.24, 2.45) is 0 Å². The Hall–Kier alpha value is -1.21. The lowest BCUT2D eigenvalue weighted by Gasteiger charge is -2.21. The molecule has 108 valence electrons. The number of hydrogen-bond acceptors (Lipinski definition) is 4. The lowest BCUT2D eigenvalue weighted by Crippen LogP contribution is -2.30. The second-order valence-corrected chi connectivity index (χ2v) is 7.22. The molecule has 0 spiro atoms. The van der Waals surface area contributed by atoms with Gasteiger partial charge >= 0.3 is 0 Å². The minimum atomic E-state index is -3.59. The molecule has 0 amide bonds. The first kappa shape index (κ1) is 15.2. The van der Waals surface area contributed by atoms with Crippen LogP contribution in [0.1, 0.15) is 17.4 Å². The van der Waals surface area contributed by atoms with Gasteiger partial charge in [0.15, 0.2) is 0 Å². The lowest BCUT2D eigenvalue weighted by atomic mass is 10.2. The van der Waals surface area contributed by atoms with Crippen molar-refractivity contribution in [3.05, 3.63) is 52.2 Å². The molecule has 0 saturated heterocycles. The molecular weight excluding hydrogens is 294 g/mol. The van der Waals surface area contributed by atoms with Gasteiger partial charge in [-0.2, -0.15) is 4.31 Å². The maximum atomic E-state index is 12.7. The molecule has 0 aliphatic heterocycles. The van der Waals surface area contributed by atoms with Crippen molar-refractivity contribution in [1.29, 1.82) is 0 Å². The summed E-state index contributed by atoms with van der Waals surface area (Å²) in [5, 5.41) is 11.2. The highest BCUT2D eigenvalue weighted by Crippen LogP contribution is 2.23. The molecule has 0 saturated carbocycles. The van der Waals surface area contributed by atoms with Gasteiger partial charge in [0.25, 0.3) is 0 Å². The van der Waals surface area contributed by atoms with Gasteiger partial charge in [0.2, 0.25) is 10.0 Å². The molecule has 20 heavy (non-hydrogen) atoms. The molecule has 2 rings (SSSR count). The normalized spacial score (nSPS) is 11.9. The molecular formula is C14H17NO3S2. The van der Waals surface area contributed by atoms with Crippen LogP contribution in [0.25, 0.3) is 0 Å². The Labute approximate surface area is 123 Å². The third-order valence-corrected chi connectivity index (χ3v) is 5.91. The smallest absolute Gasteiger partial charge is 0.243 e. The van der Waals surface area contributed by atoms with Crippen LogP contribution >= 0.6 is 11.3 Å². The van der Waals surface area contributed by atoms with E-state index in [1.165, 1.54) is 21.7 Å². The molecule has 0 radical (unpaired) electrons. The molecule has 2 aromatic rings. The average molecular weight is 311 g/mol. The maximum absolute atomic E-state index is 12.7. The highest BCUT2D eigenvalue weighted by atomic mass is 32.2. The van der Waals surface area contributed by atoms with Crippen LogP contribution in [-0.2, 0) is 23.2 Å². The molecule has 1 aromatic heterocycles. The van der Waals surface area contributed by atoms with Gasteiger partial charge in [-0.1, -0.05) is 31.2 Å². The Bertz CT molecular complexity index is 651. The van der Waals surface area contributed by atoms with E-state index in [9.17, 15) is 13.5 Å². The molecule has 1 N–H and O–H groups in total. The van der Waals surface area contributed by atoms with E-state index in [-0.39, 0.29) is 11.5 Å². The predicted molar refractivity (Wildman–Crippen MR) is 80.0 cm³/mol. The Balaban J connectivity index is 2.36. The summed E-state index contributed by atoms with van der Waals surface area (Å²) in [5.74, 6) is 0. The van der Waals surface area contributed by atoms with E-state index in [1.807, 2.05) is 24.4 Å². The van der Waals surface area contributed by atoms with Gasteiger partial charge in [-0.05, 0) is 23.1 Å². The largest absolute Gasteiger partial charge is 0.392 e. The topological polar surface area (TPSA) is 57.6 Å².